The number of fused-ring (bicyclic) bond motifs is 7. The second-order valence-electron chi connectivity index (χ2n) is 14.1. The minimum Gasteiger partial charge on any atom is -0.456 e. The van der Waals surface area contributed by atoms with Gasteiger partial charge >= 0.3 is 0 Å². The molecule has 0 bridgehead atoms. The van der Waals surface area contributed by atoms with E-state index in [2.05, 4.69) is 193 Å². The zero-order valence-corrected chi connectivity index (χ0v) is 30.6. The maximum atomic E-state index is 6.29. The number of nitrogens with zero attached hydrogens (tertiary/aromatic N) is 1. The molecule has 9 aromatic carbocycles. The summed E-state index contributed by atoms with van der Waals surface area (Å²) in [4.78, 5) is 2.39. The molecule has 0 aliphatic carbocycles. The lowest BCUT2D eigenvalue weighted by Gasteiger charge is -2.27. The minimum absolute atomic E-state index is 0.882. The van der Waals surface area contributed by atoms with Gasteiger partial charge in [-0.1, -0.05) is 146 Å². The molecule has 0 spiro atoms. The quantitative estimate of drug-likeness (QED) is 0.170. The van der Waals surface area contributed by atoms with Crippen LogP contribution < -0.4 is 4.90 Å². The first-order chi connectivity index (χ1) is 27.3. The second kappa shape index (κ2) is 12.9. The van der Waals surface area contributed by atoms with Crippen LogP contribution in [0.2, 0.25) is 0 Å². The number of rotatable bonds is 6. The Morgan fingerprint density at radius 1 is 0.345 bits per heavy atom. The summed E-state index contributed by atoms with van der Waals surface area (Å²) in [6.07, 6.45) is 0. The highest BCUT2D eigenvalue weighted by Gasteiger charge is 2.20. The molecule has 258 valence electrons. The number of anilines is 3. The fraction of sp³-hybridized carbons (Fsp3) is 0. The van der Waals surface area contributed by atoms with Gasteiger partial charge in [0.2, 0.25) is 0 Å². The molecule has 2 heterocycles. The molecule has 3 heteroatoms. The second-order valence-corrected chi connectivity index (χ2v) is 15.1. The first kappa shape index (κ1) is 31.6. The van der Waals surface area contributed by atoms with E-state index in [9.17, 15) is 0 Å². The summed E-state index contributed by atoms with van der Waals surface area (Å²) in [5.41, 5.74) is 12.3. The van der Waals surface area contributed by atoms with Gasteiger partial charge in [-0.3, -0.25) is 0 Å². The Bertz CT molecular complexity index is 3200. The molecule has 11 aromatic rings. The topological polar surface area (TPSA) is 16.4 Å². The SMILES string of the molecule is c1ccc(-c2ccc(N(c3ccc(-c4cccc5ccccc45)cc3)c3ccc4oc5ccccc5c4c3)cc2-c2cccc3c2sc2ccccc23)cc1. The third-order valence-corrected chi connectivity index (χ3v) is 12.1. The molecule has 0 radical (unpaired) electrons. The molecule has 0 unspecified atom stereocenters. The first-order valence-corrected chi connectivity index (χ1v) is 19.5. The normalized spacial score (nSPS) is 11.6. The molecule has 0 aliphatic heterocycles. The highest BCUT2D eigenvalue weighted by Crippen LogP contribution is 2.46. The van der Waals surface area contributed by atoms with E-state index < -0.39 is 0 Å². The van der Waals surface area contributed by atoms with E-state index in [0.717, 1.165) is 39.0 Å². The predicted molar refractivity (Wildman–Crippen MR) is 235 cm³/mol. The number of benzene rings is 9. The lowest BCUT2D eigenvalue weighted by molar-refractivity contribution is 0.669. The third-order valence-electron chi connectivity index (χ3n) is 10.9. The molecule has 2 nitrogen and oxygen atoms in total. The summed E-state index contributed by atoms with van der Waals surface area (Å²) in [7, 11) is 0. The number of para-hydroxylation sites is 1. The zero-order valence-electron chi connectivity index (χ0n) is 29.8. The molecular weight excluding hydrogens is 687 g/mol. The van der Waals surface area contributed by atoms with Gasteiger partial charge in [0.05, 0.1) is 0 Å². The summed E-state index contributed by atoms with van der Waals surface area (Å²) in [5.74, 6) is 0. The Hall–Kier alpha value is -6.94. The van der Waals surface area contributed by atoms with Gasteiger partial charge in [0, 0.05) is 53.6 Å². The van der Waals surface area contributed by atoms with Crippen LogP contribution in [-0.4, -0.2) is 0 Å². The zero-order chi connectivity index (χ0) is 36.3. The fourth-order valence-corrected chi connectivity index (χ4v) is 9.52. The predicted octanol–water partition coefficient (Wildman–Crippen LogP) is 15.6. The molecule has 0 fully saturated rings. The molecule has 11 rings (SSSR count). The van der Waals surface area contributed by atoms with E-state index in [4.69, 9.17) is 4.42 Å². The van der Waals surface area contributed by atoms with E-state index in [0.29, 0.717) is 0 Å². The number of hydrogen-bond acceptors (Lipinski definition) is 3. The smallest absolute Gasteiger partial charge is 0.135 e. The summed E-state index contributed by atoms with van der Waals surface area (Å²) < 4.78 is 8.89. The van der Waals surface area contributed by atoms with Gasteiger partial charge < -0.3 is 9.32 Å². The average molecular weight is 720 g/mol. The van der Waals surface area contributed by atoms with E-state index in [1.165, 1.54) is 64.3 Å². The van der Waals surface area contributed by atoms with Crippen LogP contribution in [0.25, 0.3) is 86.3 Å². The number of furan rings is 1. The molecule has 0 saturated carbocycles. The highest BCUT2D eigenvalue weighted by molar-refractivity contribution is 7.26. The van der Waals surface area contributed by atoms with Crippen LogP contribution in [0.15, 0.2) is 205 Å². The summed E-state index contributed by atoms with van der Waals surface area (Å²) in [6.45, 7) is 0. The average Bonchev–Trinajstić information content (AvgIpc) is 3.83. The Morgan fingerprint density at radius 3 is 1.85 bits per heavy atom. The largest absolute Gasteiger partial charge is 0.456 e. The van der Waals surface area contributed by atoms with E-state index in [1.54, 1.807) is 0 Å². The summed E-state index contributed by atoms with van der Waals surface area (Å²) in [5, 5.41) is 7.30. The molecule has 0 aliphatic rings. The van der Waals surface area contributed by atoms with Crippen molar-refractivity contribution in [2.45, 2.75) is 0 Å². The van der Waals surface area contributed by atoms with Crippen LogP contribution in [0.5, 0.6) is 0 Å². The van der Waals surface area contributed by atoms with Crippen molar-refractivity contribution >= 4 is 81.3 Å². The summed E-state index contributed by atoms with van der Waals surface area (Å²) >= 11 is 1.87. The Morgan fingerprint density at radius 2 is 0.964 bits per heavy atom. The van der Waals surface area contributed by atoms with Crippen LogP contribution in [0, 0.1) is 0 Å². The van der Waals surface area contributed by atoms with E-state index in [1.807, 2.05) is 23.5 Å². The van der Waals surface area contributed by atoms with Crippen molar-refractivity contribution in [3.63, 3.8) is 0 Å². The van der Waals surface area contributed by atoms with Gasteiger partial charge in [0.15, 0.2) is 0 Å². The maximum absolute atomic E-state index is 6.29. The lowest BCUT2D eigenvalue weighted by atomic mass is 9.92. The van der Waals surface area contributed by atoms with Gasteiger partial charge in [-0.25, -0.2) is 0 Å². The molecule has 55 heavy (non-hydrogen) atoms. The van der Waals surface area contributed by atoms with Crippen LogP contribution in [-0.2, 0) is 0 Å². The van der Waals surface area contributed by atoms with Crippen molar-refractivity contribution in [1.82, 2.24) is 0 Å². The monoisotopic (exact) mass is 719 g/mol. The van der Waals surface area contributed by atoms with Gasteiger partial charge in [0.1, 0.15) is 11.2 Å². The van der Waals surface area contributed by atoms with Gasteiger partial charge in [-0.2, -0.15) is 0 Å². The van der Waals surface area contributed by atoms with Crippen molar-refractivity contribution < 1.29 is 4.42 Å². The van der Waals surface area contributed by atoms with E-state index in [-0.39, 0.29) is 0 Å². The van der Waals surface area contributed by atoms with Crippen molar-refractivity contribution in [3.05, 3.63) is 200 Å². The van der Waals surface area contributed by atoms with Crippen molar-refractivity contribution in [3.8, 4) is 33.4 Å². The molecule has 0 N–H and O–H groups in total. The minimum atomic E-state index is 0.882. The summed E-state index contributed by atoms with van der Waals surface area (Å²) in [6, 6.07) is 72.3. The van der Waals surface area contributed by atoms with Gasteiger partial charge in [-0.15, -0.1) is 11.3 Å². The van der Waals surface area contributed by atoms with Crippen molar-refractivity contribution in [1.29, 1.82) is 0 Å². The van der Waals surface area contributed by atoms with Crippen LogP contribution in [0.3, 0.4) is 0 Å². The standard InChI is InChI=1S/C52H33NOS/c1-2-12-34(13-3-1)42-30-28-38(32-47(42)46-21-11-20-45-44-18-7-9-23-51(44)55-52(45)46)53(39-29-31-50-48(33-39)43-17-6-8-22-49(43)54-50)37-26-24-36(25-27-37)41-19-10-15-35-14-4-5-16-40(35)41/h1-33H. The maximum Gasteiger partial charge on any atom is 0.135 e. The van der Waals surface area contributed by atoms with Crippen LogP contribution in [0.4, 0.5) is 17.1 Å². The first-order valence-electron chi connectivity index (χ1n) is 18.7. The number of hydrogen-bond donors (Lipinski definition) is 0. The fourth-order valence-electron chi connectivity index (χ4n) is 8.29. The molecular formula is C52H33NOS. The van der Waals surface area contributed by atoms with Crippen LogP contribution in [0.1, 0.15) is 0 Å². The molecule has 2 aromatic heterocycles. The molecule has 0 atom stereocenters. The van der Waals surface area contributed by atoms with Crippen molar-refractivity contribution in [2.24, 2.45) is 0 Å². The van der Waals surface area contributed by atoms with E-state index >= 15 is 0 Å². The lowest BCUT2D eigenvalue weighted by Crippen LogP contribution is -2.10. The Kier molecular flexibility index (Phi) is 7.39. The highest BCUT2D eigenvalue weighted by atomic mass is 32.1. The van der Waals surface area contributed by atoms with Crippen molar-refractivity contribution in [2.75, 3.05) is 4.90 Å². The Labute approximate surface area is 322 Å². The van der Waals surface area contributed by atoms with Gasteiger partial charge in [0.25, 0.3) is 0 Å². The Balaban J connectivity index is 1.14. The third kappa shape index (κ3) is 5.32. The van der Waals surface area contributed by atoms with Gasteiger partial charge in [-0.05, 0) is 93.2 Å². The number of thiophene rings is 1. The molecule has 0 amide bonds. The van der Waals surface area contributed by atoms with Crippen LogP contribution >= 0.6 is 11.3 Å². The molecule has 0 saturated heterocycles.